The van der Waals surface area contributed by atoms with Gasteiger partial charge in [-0.15, -0.1) is 0 Å². The molecule has 1 aliphatic rings. The van der Waals surface area contributed by atoms with E-state index in [9.17, 15) is 4.39 Å². The molecular formula is C9H11F. The Morgan fingerprint density at radius 2 is 2.00 bits per heavy atom. The number of halogens is 1. The summed E-state index contributed by atoms with van der Waals surface area (Å²) in [5.41, 5.74) is 1.92. The predicted molar refractivity (Wildman–Crippen MR) is 41.3 cm³/mol. The molecule has 0 spiro atoms. The molecule has 0 unspecified atom stereocenters. The van der Waals surface area contributed by atoms with E-state index in [1.165, 1.54) is 5.57 Å². The van der Waals surface area contributed by atoms with Gasteiger partial charge in [0.15, 0.2) is 0 Å². The van der Waals surface area contributed by atoms with Gasteiger partial charge in [-0.1, -0.05) is 17.7 Å². The van der Waals surface area contributed by atoms with Crippen molar-refractivity contribution in [2.24, 2.45) is 0 Å². The molecule has 0 saturated carbocycles. The second-order valence-corrected chi connectivity index (χ2v) is 2.62. The second kappa shape index (κ2) is 2.82. The molecule has 0 atom stereocenters. The molecule has 0 amide bonds. The maximum atomic E-state index is 12.8. The highest BCUT2D eigenvalue weighted by Gasteiger charge is 1.99. The fraction of sp³-hybridized carbons (Fsp3) is 0.333. The zero-order chi connectivity index (χ0) is 7.56. The van der Waals surface area contributed by atoms with Gasteiger partial charge in [0.25, 0.3) is 0 Å². The smallest absolute Gasteiger partial charge is 0.122 e. The van der Waals surface area contributed by atoms with Gasteiger partial charge in [0.1, 0.15) is 5.83 Å². The average Bonchev–Trinajstić information content (AvgIpc) is 2.04. The molecular weight excluding hydrogens is 127 g/mol. The van der Waals surface area contributed by atoms with Gasteiger partial charge in [-0.3, -0.25) is 0 Å². The van der Waals surface area contributed by atoms with Gasteiger partial charge >= 0.3 is 0 Å². The lowest BCUT2D eigenvalue weighted by Crippen LogP contribution is -1.73. The van der Waals surface area contributed by atoms with E-state index in [2.05, 4.69) is 0 Å². The van der Waals surface area contributed by atoms with Gasteiger partial charge in [0.05, 0.1) is 0 Å². The third kappa shape index (κ3) is 1.56. The summed E-state index contributed by atoms with van der Waals surface area (Å²) in [6, 6.07) is 0. The first-order valence-corrected chi connectivity index (χ1v) is 3.40. The summed E-state index contributed by atoms with van der Waals surface area (Å²) in [5, 5.41) is 0. The molecule has 1 aliphatic carbocycles. The molecule has 0 aromatic rings. The number of allylic oxidation sites excluding steroid dienone is 6. The van der Waals surface area contributed by atoms with Crippen LogP contribution in [0.25, 0.3) is 0 Å². The Morgan fingerprint density at radius 3 is 2.70 bits per heavy atom. The molecule has 0 heterocycles. The SMILES string of the molecule is CC1=CC=C(C)C(F)=CC1. The topological polar surface area (TPSA) is 0 Å². The Balaban J connectivity index is 2.90. The molecule has 54 valence electrons. The third-order valence-corrected chi connectivity index (χ3v) is 1.60. The summed E-state index contributed by atoms with van der Waals surface area (Å²) >= 11 is 0. The summed E-state index contributed by atoms with van der Waals surface area (Å²) < 4.78 is 12.8. The quantitative estimate of drug-likeness (QED) is 0.482. The molecule has 0 bridgehead atoms. The number of rotatable bonds is 0. The van der Waals surface area contributed by atoms with Gasteiger partial charge in [-0.05, 0) is 31.9 Å². The Labute approximate surface area is 60.7 Å². The van der Waals surface area contributed by atoms with Crippen molar-refractivity contribution in [3.05, 3.63) is 35.2 Å². The molecule has 1 rings (SSSR count). The molecule has 0 N–H and O–H groups in total. The first-order valence-electron chi connectivity index (χ1n) is 3.40. The molecule has 0 fully saturated rings. The number of hydrogen-bond donors (Lipinski definition) is 0. The minimum Gasteiger partial charge on any atom is -0.207 e. The van der Waals surface area contributed by atoms with Gasteiger partial charge in [0.2, 0.25) is 0 Å². The summed E-state index contributed by atoms with van der Waals surface area (Å²) in [4.78, 5) is 0. The Morgan fingerprint density at radius 1 is 1.30 bits per heavy atom. The van der Waals surface area contributed by atoms with Crippen LogP contribution in [0.15, 0.2) is 35.2 Å². The van der Waals surface area contributed by atoms with Crippen LogP contribution >= 0.6 is 0 Å². The van der Waals surface area contributed by atoms with Crippen molar-refractivity contribution in [3.63, 3.8) is 0 Å². The van der Waals surface area contributed by atoms with E-state index in [0.717, 1.165) is 12.0 Å². The fourth-order valence-corrected chi connectivity index (χ4v) is 0.826. The van der Waals surface area contributed by atoms with E-state index in [4.69, 9.17) is 0 Å². The van der Waals surface area contributed by atoms with E-state index >= 15 is 0 Å². The van der Waals surface area contributed by atoms with Crippen molar-refractivity contribution in [1.82, 2.24) is 0 Å². The van der Waals surface area contributed by atoms with Crippen LogP contribution in [0, 0.1) is 0 Å². The van der Waals surface area contributed by atoms with Gasteiger partial charge < -0.3 is 0 Å². The van der Waals surface area contributed by atoms with Crippen LogP contribution in [-0.2, 0) is 0 Å². The molecule has 10 heavy (non-hydrogen) atoms. The van der Waals surface area contributed by atoms with E-state index in [-0.39, 0.29) is 5.83 Å². The maximum Gasteiger partial charge on any atom is 0.122 e. The van der Waals surface area contributed by atoms with Crippen molar-refractivity contribution in [1.29, 1.82) is 0 Å². The highest BCUT2D eigenvalue weighted by molar-refractivity contribution is 5.32. The molecule has 0 radical (unpaired) electrons. The fourth-order valence-electron chi connectivity index (χ4n) is 0.826. The summed E-state index contributed by atoms with van der Waals surface area (Å²) in [7, 11) is 0. The average molecular weight is 138 g/mol. The third-order valence-electron chi connectivity index (χ3n) is 1.60. The van der Waals surface area contributed by atoms with Crippen LogP contribution in [-0.4, -0.2) is 0 Å². The lowest BCUT2D eigenvalue weighted by molar-refractivity contribution is 0.647. The molecule has 0 saturated heterocycles. The van der Waals surface area contributed by atoms with E-state index in [1.807, 2.05) is 19.1 Å². The van der Waals surface area contributed by atoms with Crippen molar-refractivity contribution < 1.29 is 4.39 Å². The predicted octanol–water partition coefficient (Wildman–Crippen LogP) is 3.14. The first-order chi connectivity index (χ1) is 4.70. The first kappa shape index (κ1) is 7.26. The van der Waals surface area contributed by atoms with Crippen molar-refractivity contribution in [2.45, 2.75) is 20.3 Å². The van der Waals surface area contributed by atoms with Gasteiger partial charge in [-0.2, -0.15) is 0 Å². The van der Waals surface area contributed by atoms with Crippen LogP contribution in [0.2, 0.25) is 0 Å². The Hall–Kier alpha value is -0.850. The zero-order valence-corrected chi connectivity index (χ0v) is 6.32. The summed E-state index contributed by atoms with van der Waals surface area (Å²) in [5.74, 6) is -0.0897. The molecule has 0 aromatic carbocycles. The lowest BCUT2D eigenvalue weighted by atomic mass is 10.2. The Kier molecular flexibility index (Phi) is 2.05. The van der Waals surface area contributed by atoms with Crippen LogP contribution in [0.3, 0.4) is 0 Å². The number of hydrogen-bond acceptors (Lipinski definition) is 0. The highest BCUT2D eigenvalue weighted by Crippen LogP contribution is 2.17. The van der Waals surface area contributed by atoms with Crippen LogP contribution in [0.4, 0.5) is 4.39 Å². The second-order valence-electron chi connectivity index (χ2n) is 2.62. The molecule has 0 aliphatic heterocycles. The summed E-state index contributed by atoms with van der Waals surface area (Å²) in [6.07, 6.45) is 6.12. The zero-order valence-electron chi connectivity index (χ0n) is 6.32. The van der Waals surface area contributed by atoms with Crippen LogP contribution in [0.1, 0.15) is 20.3 Å². The van der Waals surface area contributed by atoms with Crippen LogP contribution in [0.5, 0.6) is 0 Å². The standard InChI is InChI=1S/C9H11F/c1-7-3-5-8(2)9(10)6-4-7/h3,5-6H,4H2,1-2H3. The minimum atomic E-state index is -0.0897. The lowest BCUT2D eigenvalue weighted by Gasteiger charge is -1.90. The molecule has 0 nitrogen and oxygen atoms in total. The van der Waals surface area contributed by atoms with E-state index in [1.54, 1.807) is 13.0 Å². The Bertz CT molecular complexity index is 219. The van der Waals surface area contributed by atoms with E-state index < -0.39 is 0 Å². The van der Waals surface area contributed by atoms with Crippen molar-refractivity contribution in [2.75, 3.05) is 0 Å². The van der Waals surface area contributed by atoms with Crippen molar-refractivity contribution in [3.8, 4) is 0 Å². The van der Waals surface area contributed by atoms with E-state index in [0.29, 0.717) is 0 Å². The maximum absolute atomic E-state index is 12.8. The van der Waals surface area contributed by atoms with Crippen molar-refractivity contribution >= 4 is 0 Å². The minimum absolute atomic E-state index is 0.0897. The van der Waals surface area contributed by atoms with Gasteiger partial charge in [-0.25, -0.2) is 4.39 Å². The largest absolute Gasteiger partial charge is 0.207 e. The monoisotopic (exact) mass is 138 g/mol. The van der Waals surface area contributed by atoms with Crippen LogP contribution < -0.4 is 0 Å². The normalized spacial score (nSPS) is 18.9. The highest BCUT2D eigenvalue weighted by atomic mass is 19.1. The molecule has 1 heteroatoms. The summed E-state index contributed by atoms with van der Waals surface area (Å²) in [6.45, 7) is 3.78. The van der Waals surface area contributed by atoms with Gasteiger partial charge in [0, 0.05) is 0 Å². The molecule has 0 aromatic heterocycles.